The fourth-order valence-electron chi connectivity index (χ4n) is 5.33. The van der Waals surface area contributed by atoms with Gasteiger partial charge >= 0.3 is 6.09 Å². The maximum atomic E-state index is 12.8. The van der Waals surface area contributed by atoms with Gasteiger partial charge in [-0.2, -0.15) is 5.10 Å². The number of anilines is 3. The summed E-state index contributed by atoms with van der Waals surface area (Å²) in [6.45, 7) is 8.70. The summed E-state index contributed by atoms with van der Waals surface area (Å²) >= 11 is 3.66. The molecule has 44 heavy (non-hydrogen) atoms. The van der Waals surface area contributed by atoms with Gasteiger partial charge in [0.15, 0.2) is 11.5 Å². The van der Waals surface area contributed by atoms with Crippen molar-refractivity contribution in [3.8, 4) is 0 Å². The molecule has 6 rings (SSSR count). The van der Waals surface area contributed by atoms with E-state index in [9.17, 15) is 9.90 Å². The summed E-state index contributed by atoms with van der Waals surface area (Å²) < 4.78 is 8.08. The van der Waals surface area contributed by atoms with Gasteiger partial charge in [-0.05, 0) is 97.1 Å². The molecule has 13 heteroatoms. The van der Waals surface area contributed by atoms with Crippen LogP contribution in [0.2, 0.25) is 0 Å². The van der Waals surface area contributed by atoms with Crippen LogP contribution in [-0.4, -0.2) is 83.5 Å². The van der Waals surface area contributed by atoms with Crippen molar-refractivity contribution in [2.45, 2.75) is 45.8 Å². The van der Waals surface area contributed by atoms with Crippen LogP contribution in [0.5, 0.6) is 0 Å². The highest BCUT2D eigenvalue weighted by Gasteiger charge is 2.34. The van der Waals surface area contributed by atoms with Crippen LogP contribution in [0.1, 0.15) is 37.5 Å². The molecule has 2 N–H and O–H groups in total. The van der Waals surface area contributed by atoms with E-state index in [1.54, 1.807) is 15.7 Å². The fourth-order valence-corrected chi connectivity index (χ4v) is 5.88. The lowest BCUT2D eigenvalue weighted by Crippen LogP contribution is -2.57. The Morgan fingerprint density at radius 2 is 1.95 bits per heavy atom. The Hall–Kier alpha value is -4.36. The molecule has 4 aromatic heterocycles. The number of piperazine rings is 1. The average molecular weight is 661 g/mol. The number of aromatic nitrogens is 6. The number of pyridine rings is 2. The van der Waals surface area contributed by atoms with Crippen LogP contribution in [0.25, 0.3) is 16.7 Å². The molecule has 1 aliphatic heterocycles. The summed E-state index contributed by atoms with van der Waals surface area (Å²) in [5.41, 5.74) is 5.90. The van der Waals surface area contributed by atoms with E-state index in [2.05, 4.69) is 71.3 Å². The van der Waals surface area contributed by atoms with E-state index in [1.807, 2.05) is 45.2 Å². The Kier molecular flexibility index (Phi) is 8.08. The number of halogens is 1. The third-order valence-corrected chi connectivity index (χ3v) is 8.09. The number of rotatable bonds is 6. The summed E-state index contributed by atoms with van der Waals surface area (Å²) in [5.74, 6) is 1.27. The molecule has 1 atom stereocenters. The van der Waals surface area contributed by atoms with Gasteiger partial charge in [-0.25, -0.2) is 29.2 Å². The SMILES string of the molecule is Cc1cc(Nc2ncnc3cc(Br)c(N4CCN(C(=O)OC(C)(C)C)[C@@H](CO)C4)nc23)ccc1Cc1ccn2ncnc2c1. The number of hydrogen-bond acceptors (Lipinski definition) is 10. The van der Waals surface area contributed by atoms with E-state index in [0.29, 0.717) is 42.3 Å². The van der Waals surface area contributed by atoms with Crippen molar-refractivity contribution in [1.82, 2.24) is 34.4 Å². The number of nitrogens with zero attached hydrogens (tertiary/aromatic N) is 8. The van der Waals surface area contributed by atoms with Crippen molar-refractivity contribution >= 4 is 56.0 Å². The Morgan fingerprint density at radius 1 is 1.11 bits per heavy atom. The molecule has 228 valence electrons. The number of aliphatic hydroxyl groups excluding tert-OH is 1. The first-order chi connectivity index (χ1) is 21.1. The molecule has 1 aliphatic rings. The Morgan fingerprint density at radius 3 is 2.73 bits per heavy atom. The lowest BCUT2D eigenvalue weighted by atomic mass is 10.0. The molecule has 1 aromatic carbocycles. The molecule has 1 fully saturated rings. The highest BCUT2D eigenvalue weighted by Crippen LogP contribution is 2.32. The molecule has 12 nitrogen and oxygen atoms in total. The van der Waals surface area contributed by atoms with E-state index in [4.69, 9.17) is 9.72 Å². The highest BCUT2D eigenvalue weighted by molar-refractivity contribution is 9.10. The van der Waals surface area contributed by atoms with Gasteiger partial charge in [0.1, 0.15) is 29.6 Å². The smallest absolute Gasteiger partial charge is 0.410 e. The molecular weight excluding hydrogens is 626 g/mol. The summed E-state index contributed by atoms with van der Waals surface area (Å²) in [7, 11) is 0. The number of carbonyl (C=O) groups excluding carboxylic acids is 1. The van der Waals surface area contributed by atoms with Crippen molar-refractivity contribution in [1.29, 1.82) is 0 Å². The normalized spacial score (nSPS) is 15.6. The van der Waals surface area contributed by atoms with E-state index in [-0.39, 0.29) is 6.61 Å². The Balaban J connectivity index is 1.22. The first-order valence-electron chi connectivity index (χ1n) is 14.4. The van der Waals surface area contributed by atoms with Gasteiger partial charge in [0.2, 0.25) is 0 Å². The zero-order valence-electron chi connectivity index (χ0n) is 25.0. The minimum Gasteiger partial charge on any atom is -0.444 e. The summed E-state index contributed by atoms with van der Waals surface area (Å²) in [4.78, 5) is 34.6. The zero-order valence-corrected chi connectivity index (χ0v) is 26.6. The molecule has 5 heterocycles. The van der Waals surface area contributed by atoms with Crippen LogP contribution in [0.15, 0.2) is 59.7 Å². The number of ether oxygens (including phenoxy) is 1. The standard InChI is InChI=1S/C31H34BrN9O3/c1-19-11-22(6-5-21(19)12-20-7-8-41-26(13-20)34-18-36-41)37-28-27-25(33-17-35-28)14-24(32)29(38-27)39-9-10-40(23(15-39)16-42)30(43)44-31(2,3)4/h5-8,11,13-14,17-18,23,42H,9-10,12,15-16H2,1-4H3,(H,33,35,37)/t23-/m1/s1. The monoisotopic (exact) mass is 659 g/mol. The fraction of sp³-hybridized carbons (Fsp3) is 0.355. The number of aliphatic hydroxyl groups is 1. The van der Waals surface area contributed by atoms with Gasteiger partial charge in [0.05, 0.1) is 22.6 Å². The maximum Gasteiger partial charge on any atom is 0.410 e. The van der Waals surface area contributed by atoms with Gasteiger partial charge < -0.3 is 20.1 Å². The predicted octanol–water partition coefficient (Wildman–Crippen LogP) is 4.89. The van der Waals surface area contributed by atoms with Crippen molar-refractivity contribution in [2.24, 2.45) is 0 Å². The number of carbonyl (C=O) groups is 1. The molecule has 0 saturated carbocycles. The quantitative estimate of drug-likeness (QED) is 0.259. The number of hydrogen-bond donors (Lipinski definition) is 2. The Bertz CT molecular complexity index is 1840. The van der Waals surface area contributed by atoms with Crippen LogP contribution < -0.4 is 10.2 Å². The van der Waals surface area contributed by atoms with Gasteiger partial charge in [0.25, 0.3) is 0 Å². The van der Waals surface area contributed by atoms with Gasteiger partial charge in [-0.1, -0.05) is 6.07 Å². The van der Waals surface area contributed by atoms with E-state index in [1.165, 1.54) is 11.9 Å². The van der Waals surface area contributed by atoms with Crippen LogP contribution >= 0.6 is 15.9 Å². The minimum atomic E-state index is -0.618. The van der Waals surface area contributed by atoms with Crippen LogP contribution in [0.3, 0.4) is 0 Å². The van der Waals surface area contributed by atoms with Gasteiger partial charge in [-0.3, -0.25) is 4.90 Å². The second-order valence-corrected chi connectivity index (χ2v) is 12.7. The second kappa shape index (κ2) is 12.0. The second-order valence-electron chi connectivity index (χ2n) is 11.9. The van der Waals surface area contributed by atoms with E-state index < -0.39 is 17.7 Å². The van der Waals surface area contributed by atoms with Crippen molar-refractivity contribution in [3.63, 3.8) is 0 Å². The first kappa shape index (κ1) is 29.7. The molecule has 5 aromatic rings. The van der Waals surface area contributed by atoms with Gasteiger partial charge in [0, 0.05) is 31.5 Å². The first-order valence-corrected chi connectivity index (χ1v) is 15.2. The van der Waals surface area contributed by atoms with Gasteiger partial charge in [-0.15, -0.1) is 0 Å². The number of benzene rings is 1. The molecular formula is C31H34BrN9O3. The lowest BCUT2D eigenvalue weighted by Gasteiger charge is -2.41. The molecule has 0 radical (unpaired) electrons. The van der Waals surface area contributed by atoms with Crippen LogP contribution in [0.4, 0.5) is 22.1 Å². The molecule has 1 amide bonds. The topological polar surface area (TPSA) is 134 Å². The summed E-state index contributed by atoms with van der Waals surface area (Å²) in [6.07, 6.45) is 5.34. The van der Waals surface area contributed by atoms with E-state index in [0.717, 1.165) is 33.4 Å². The number of nitrogens with one attached hydrogen (secondary N) is 1. The summed E-state index contributed by atoms with van der Waals surface area (Å²) in [5, 5.41) is 17.7. The van der Waals surface area contributed by atoms with E-state index >= 15 is 0 Å². The van der Waals surface area contributed by atoms with Crippen LogP contribution in [-0.2, 0) is 11.2 Å². The number of amides is 1. The largest absolute Gasteiger partial charge is 0.444 e. The summed E-state index contributed by atoms with van der Waals surface area (Å²) in [6, 6.07) is 11.8. The van der Waals surface area contributed by atoms with Crippen molar-refractivity contribution in [2.75, 3.05) is 36.5 Å². The minimum absolute atomic E-state index is 0.193. The lowest BCUT2D eigenvalue weighted by molar-refractivity contribution is 0.00698. The third-order valence-electron chi connectivity index (χ3n) is 7.51. The molecule has 0 bridgehead atoms. The zero-order chi connectivity index (χ0) is 31.0. The maximum absolute atomic E-state index is 12.8. The average Bonchev–Trinajstić information content (AvgIpc) is 3.45. The Labute approximate surface area is 263 Å². The number of aryl methyl sites for hydroxylation is 1. The van der Waals surface area contributed by atoms with Crippen LogP contribution in [0, 0.1) is 6.92 Å². The highest BCUT2D eigenvalue weighted by atomic mass is 79.9. The van der Waals surface area contributed by atoms with Crippen molar-refractivity contribution < 1.29 is 14.6 Å². The molecule has 0 unspecified atom stereocenters. The predicted molar refractivity (Wildman–Crippen MR) is 171 cm³/mol. The third kappa shape index (κ3) is 6.29. The van der Waals surface area contributed by atoms with Crippen molar-refractivity contribution in [3.05, 3.63) is 76.4 Å². The molecule has 0 spiro atoms. The molecule has 0 aliphatic carbocycles. The number of fused-ring (bicyclic) bond motifs is 2. The molecule has 1 saturated heterocycles.